The fraction of sp³-hybridized carbons (Fsp3) is 0. The van der Waals surface area contributed by atoms with Crippen molar-refractivity contribution >= 4 is 43.9 Å². The van der Waals surface area contributed by atoms with Crippen LogP contribution in [0.15, 0.2) is 87.7 Å². The van der Waals surface area contributed by atoms with E-state index in [1.807, 2.05) is 54.6 Å². The molecule has 0 spiro atoms. The van der Waals surface area contributed by atoms with Gasteiger partial charge in [-0.2, -0.15) is 5.26 Å². The second-order valence-corrected chi connectivity index (χ2v) is 6.95. The van der Waals surface area contributed by atoms with E-state index in [2.05, 4.69) is 30.3 Å². The Morgan fingerprint density at radius 2 is 1.21 bits per heavy atom. The molecule has 0 aliphatic carbocycles. The number of benzene rings is 4. The van der Waals surface area contributed by atoms with Crippen LogP contribution in [0.3, 0.4) is 0 Å². The summed E-state index contributed by atoms with van der Waals surface area (Å²) in [6.45, 7) is 0. The first-order chi connectivity index (χ1) is 13.8. The summed E-state index contributed by atoms with van der Waals surface area (Å²) in [5.41, 5.74) is 6.14. The molecule has 130 valence electrons. The number of fused-ring (bicyclic) bond motifs is 6. The van der Waals surface area contributed by atoms with Crippen molar-refractivity contribution in [3.63, 3.8) is 0 Å². The van der Waals surface area contributed by atoms with E-state index in [0.29, 0.717) is 5.56 Å². The molecule has 0 aliphatic heterocycles. The zero-order chi connectivity index (χ0) is 18.7. The zero-order valence-corrected chi connectivity index (χ0v) is 14.8. The Kier molecular flexibility index (Phi) is 2.95. The SMILES string of the molecule is N#Cc1cccc(-c2ccc3oc4cc5c(cc4c3c2)oc2ccccc25)c1. The van der Waals surface area contributed by atoms with Gasteiger partial charge in [0.25, 0.3) is 0 Å². The van der Waals surface area contributed by atoms with Crippen LogP contribution in [0, 0.1) is 11.3 Å². The van der Waals surface area contributed by atoms with E-state index in [1.54, 1.807) is 0 Å². The third kappa shape index (κ3) is 2.09. The second-order valence-electron chi connectivity index (χ2n) is 6.95. The van der Waals surface area contributed by atoms with E-state index in [-0.39, 0.29) is 0 Å². The van der Waals surface area contributed by atoms with Crippen LogP contribution in [0.1, 0.15) is 5.56 Å². The Hall–Kier alpha value is -4.03. The molecule has 3 heteroatoms. The summed E-state index contributed by atoms with van der Waals surface area (Å²) in [5.74, 6) is 0. The van der Waals surface area contributed by atoms with E-state index in [9.17, 15) is 5.26 Å². The lowest BCUT2D eigenvalue weighted by Gasteiger charge is -2.02. The fourth-order valence-electron chi connectivity index (χ4n) is 3.94. The highest BCUT2D eigenvalue weighted by atomic mass is 16.3. The standard InChI is InChI=1S/C25H13NO2/c26-14-15-4-3-5-16(10-15)17-8-9-23-19(11-17)21-13-24-20(12-25(21)28-23)18-6-1-2-7-22(18)27-24/h1-13H. The Labute approximate surface area is 160 Å². The van der Waals surface area contributed by atoms with E-state index < -0.39 is 0 Å². The van der Waals surface area contributed by atoms with Crippen molar-refractivity contribution in [3.8, 4) is 17.2 Å². The summed E-state index contributed by atoms with van der Waals surface area (Å²) in [6.07, 6.45) is 0. The first kappa shape index (κ1) is 15.1. The monoisotopic (exact) mass is 359 g/mol. The van der Waals surface area contributed by atoms with Crippen molar-refractivity contribution in [1.29, 1.82) is 5.26 Å². The van der Waals surface area contributed by atoms with Gasteiger partial charge in [0.2, 0.25) is 0 Å². The molecule has 6 rings (SSSR count). The predicted octanol–water partition coefficient (Wildman–Crippen LogP) is 7.02. The van der Waals surface area contributed by atoms with Crippen LogP contribution in [0.5, 0.6) is 0 Å². The minimum absolute atomic E-state index is 0.652. The molecule has 0 saturated heterocycles. The molecule has 4 aromatic carbocycles. The minimum atomic E-state index is 0.652. The molecule has 0 fully saturated rings. The van der Waals surface area contributed by atoms with Crippen LogP contribution in [0.25, 0.3) is 55.0 Å². The van der Waals surface area contributed by atoms with Gasteiger partial charge < -0.3 is 8.83 Å². The minimum Gasteiger partial charge on any atom is -0.456 e. The number of hydrogen-bond donors (Lipinski definition) is 0. The van der Waals surface area contributed by atoms with Crippen molar-refractivity contribution in [2.45, 2.75) is 0 Å². The van der Waals surface area contributed by atoms with Gasteiger partial charge in [-0.15, -0.1) is 0 Å². The van der Waals surface area contributed by atoms with Gasteiger partial charge in [0, 0.05) is 21.5 Å². The van der Waals surface area contributed by atoms with Crippen molar-refractivity contribution in [2.24, 2.45) is 0 Å². The molecule has 6 aromatic rings. The van der Waals surface area contributed by atoms with Crippen LogP contribution in [0.4, 0.5) is 0 Å². The van der Waals surface area contributed by atoms with Crippen LogP contribution in [0.2, 0.25) is 0 Å². The summed E-state index contributed by atoms with van der Waals surface area (Å²) in [7, 11) is 0. The van der Waals surface area contributed by atoms with Gasteiger partial charge in [0.15, 0.2) is 0 Å². The van der Waals surface area contributed by atoms with Gasteiger partial charge in [-0.1, -0.05) is 36.4 Å². The second kappa shape index (κ2) is 5.48. The molecular weight excluding hydrogens is 346 g/mol. The maximum Gasteiger partial charge on any atom is 0.136 e. The van der Waals surface area contributed by atoms with Crippen molar-refractivity contribution in [1.82, 2.24) is 0 Å². The first-order valence-corrected chi connectivity index (χ1v) is 9.08. The molecule has 28 heavy (non-hydrogen) atoms. The average molecular weight is 359 g/mol. The molecule has 2 aromatic heterocycles. The van der Waals surface area contributed by atoms with Gasteiger partial charge in [-0.05, 0) is 53.6 Å². The van der Waals surface area contributed by atoms with Gasteiger partial charge in [-0.25, -0.2) is 0 Å². The lowest BCUT2D eigenvalue weighted by atomic mass is 10.0. The quantitative estimate of drug-likeness (QED) is 0.317. The van der Waals surface area contributed by atoms with Crippen molar-refractivity contribution in [3.05, 3.63) is 84.4 Å². The molecule has 0 amide bonds. The highest BCUT2D eigenvalue weighted by Gasteiger charge is 2.13. The summed E-state index contributed by atoms with van der Waals surface area (Å²) >= 11 is 0. The lowest BCUT2D eigenvalue weighted by molar-refractivity contribution is 0.664. The van der Waals surface area contributed by atoms with Crippen LogP contribution < -0.4 is 0 Å². The highest BCUT2D eigenvalue weighted by molar-refractivity contribution is 6.15. The summed E-state index contributed by atoms with van der Waals surface area (Å²) in [5, 5.41) is 13.4. The smallest absolute Gasteiger partial charge is 0.136 e. The van der Waals surface area contributed by atoms with Crippen LogP contribution in [-0.2, 0) is 0 Å². The van der Waals surface area contributed by atoms with E-state index in [1.165, 1.54) is 0 Å². The van der Waals surface area contributed by atoms with Crippen molar-refractivity contribution in [2.75, 3.05) is 0 Å². The lowest BCUT2D eigenvalue weighted by Crippen LogP contribution is -1.80. The maximum absolute atomic E-state index is 9.17. The summed E-state index contributed by atoms with van der Waals surface area (Å²) in [6, 6.07) is 28.1. The molecule has 0 saturated carbocycles. The predicted molar refractivity (Wildman–Crippen MR) is 111 cm³/mol. The Morgan fingerprint density at radius 1 is 0.536 bits per heavy atom. The van der Waals surface area contributed by atoms with Crippen molar-refractivity contribution < 1.29 is 8.83 Å². The highest BCUT2D eigenvalue weighted by Crippen LogP contribution is 2.37. The number of rotatable bonds is 1. The van der Waals surface area contributed by atoms with E-state index >= 15 is 0 Å². The van der Waals surface area contributed by atoms with Gasteiger partial charge in [0.1, 0.15) is 22.3 Å². The van der Waals surface area contributed by atoms with E-state index in [4.69, 9.17) is 8.83 Å². The molecule has 0 unspecified atom stereocenters. The molecule has 0 bridgehead atoms. The Bertz CT molecular complexity index is 1580. The topological polar surface area (TPSA) is 50.1 Å². The third-order valence-electron chi connectivity index (χ3n) is 5.29. The van der Waals surface area contributed by atoms with Gasteiger partial charge >= 0.3 is 0 Å². The zero-order valence-electron chi connectivity index (χ0n) is 14.8. The Morgan fingerprint density at radius 3 is 2.04 bits per heavy atom. The van der Waals surface area contributed by atoms with Crippen LogP contribution in [-0.4, -0.2) is 0 Å². The number of para-hydroxylation sites is 1. The Balaban J connectivity index is 1.63. The first-order valence-electron chi connectivity index (χ1n) is 9.08. The number of furan rings is 2. The molecule has 0 radical (unpaired) electrons. The molecule has 0 atom stereocenters. The molecule has 0 aliphatic rings. The largest absolute Gasteiger partial charge is 0.456 e. The summed E-state index contributed by atoms with van der Waals surface area (Å²) in [4.78, 5) is 0. The fourth-order valence-corrected chi connectivity index (χ4v) is 3.94. The molecule has 2 heterocycles. The number of nitrogens with zero attached hydrogens (tertiary/aromatic N) is 1. The molecular formula is C25H13NO2. The maximum atomic E-state index is 9.17. The number of hydrogen-bond acceptors (Lipinski definition) is 3. The normalized spacial score (nSPS) is 11.5. The van der Waals surface area contributed by atoms with Gasteiger partial charge in [0.05, 0.1) is 11.6 Å². The number of nitriles is 1. The molecule has 3 nitrogen and oxygen atoms in total. The molecule has 0 N–H and O–H groups in total. The average Bonchev–Trinajstić information content (AvgIpc) is 3.29. The van der Waals surface area contributed by atoms with E-state index in [0.717, 1.165) is 55.0 Å². The van der Waals surface area contributed by atoms with Gasteiger partial charge in [-0.3, -0.25) is 0 Å². The summed E-state index contributed by atoms with van der Waals surface area (Å²) < 4.78 is 12.2. The third-order valence-corrected chi connectivity index (χ3v) is 5.29. The van der Waals surface area contributed by atoms with Crippen LogP contribution >= 0.6 is 0 Å².